The lowest BCUT2D eigenvalue weighted by Crippen LogP contribution is -2.03. The van der Waals surface area contributed by atoms with Crippen LogP contribution in [0.15, 0.2) is 48.4 Å². The Balaban J connectivity index is 2.06. The second-order valence-electron chi connectivity index (χ2n) is 5.60. The van der Waals surface area contributed by atoms with Crippen molar-refractivity contribution in [3.8, 4) is 0 Å². The zero-order chi connectivity index (χ0) is 19.7. The third-order valence-electron chi connectivity index (χ3n) is 3.79. The van der Waals surface area contributed by atoms with Gasteiger partial charge in [0, 0.05) is 38.6 Å². The highest BCUT2D eigenvalue weighted by Crippen LogP contribution is 2.28. The Labute approximate surface area is 161 Å². The lowest BCUT2D eigenvalue weighted by atomic mass is 10.1. The minimum Gasteiger partial charge on any atom is -0.502 e. The number of carboxylic acids is 2. The van der Waals surface area contributed by atoms with Crippen molar-refractivity contribution in [2.45, 2.75) is 6.54 Å². The van der Waals surface area contributed by atoms with Crippen LogP contribution in [0.25, 0.3) is 10.9 Å². The Kier molecular flexibility index (Phi) is 5.02. The molecule has 3 rings (SSSR count). The molecule has 0 fully saturated rings. The van der Waals surface area contributed by atoms with E-state index >= 15 is 0 Å². The Morgan fingerprint density at radius 2 is 1.85 bits per heavy atom. The quantitative estimate of drug-likeness (QED) is 0.326. The first kappa shape index (κ1) is 18.7. The number of ketones is 1. The van der Waals surface area contributed by atoms with Crippen LogP contribution in [-0.2, 0) is 11.3 Å². The third-order valence-corrected chi connectivity index (χ3v) is 5.09. The molecule has 3 N–H and O–H groups in total. The van der Waals surface area contributed by atoms with Crippen LogP contribution >= 0.6 is 22.9 Å². The van der Waals surface area contributed by atoms with Crippen LogP contribution in [0.5, 0.6) is 0 Å². The Morgan fingerprint density at radius 3 is 2.48 bits per heavy atom. The molecule has 1 aromatic carbocycles. The molecule has 0 radical (unpaired) electrons. The van der Waals surface area contributed by atoms with Crippen molar-refractivity contribution in [3.05, 3.63) is 68.7 Å². The van der Waals surface area contributed by atoms with Crippen molar-refractivity contribution in [2.24, 2.45) is 0 Å². The molecule has 0 aliphatic carbocycles. The number of rotatable bonds is 6. The van der Waals surface area contributed by atoms with Crippen LogP contribution in [0, 0.1) is 0 Å². The largest absolute Gasteiger partial charge is 0.502 e. The second kappa shape index (κ2) is 7.26. The molecule has 27 heavy (non-hydrogen) atoms. The molecule has 3 aromatic rings. The first-order valence-corrected chi connectivity index (χ1v) is 8.74. The maximum Gasteiger partial charge on any atom is 0.371 e. The van der Waals surface area contributed by atoms with Crippen molar-refractivity contribution < 1.29 is 29.7 Å². The minimum absolute atomic E-state index is 0.176. The molecule has 0 aliphatic rings. The van der Waals surface area contributed by atoms with Crippen molar-refractivity contribution in [3.63, 3.8) is 0 Å². The topological polar surface area (TPSA) is 117 Å². The van der Waals surface area contributed by atoms with Gasteiger partial charge in [0.2, 0.25) is 5.76 Å². The van der Waals surface area contributed by atoms with E-state index in [0.29, 0.717) is 28.5 Å². The number of allylic oxidation sites excluding steroid dienone is 1. The number of aromatic nitrogens is 1. The van der Waals surface area contributed by atoms with Crippen LogP contribution in [0.1, 0.15) is 24.9 Å². The van der Waals surface area contributed by atoms with E-state index in [-0.39, 0.29) is 10.4 Å². The van der Waals surface area contributed by atoms with Crippen molar-refractivity contribution in [1.82, 2.24) is 4.57 Å². The lowest BCUT2D eigenvalue weighted by molar-refractivity contribution is -0.135. The lowest BCUT2D eigenvalue weighted by Gasteiger charge is -2.03. The van der Waals surface area contributed by atoms with Crippen LogP contribution in [0.3, 0.4) is 0 Å². The summed E-state index contributed by atoms with van der Waals surface area (Å²) in [5, 5.41) is 28.0. The average Bonchev–Trinajstić information content (AvgIpc) is 3.20. The van der Waals surface area contributed by atoms with E-state index in [4.69, 9.17) is 21.8 Å². The summed E-state index contributed by atoms with van der Waals surface area (Å²) in [6.45, 7) is 0.317. The number of hydrogen-bond donors (Lipinski definition) is 3. The number of thiophene rings is 1. The maximum absolute atomic E-state index is 12.4. The molecule has 138 valence electrons. The molecular formula is C18H12ClNO6S. The number of nitrogens with zero attached hydrogens (tertiary/aromatic N) is 1. The molecule has 0 bridgehead atoms. The molecule has 2 heterocycles. The average molecular weight is 406 g/mol. The number of aromatic carboxylic acids is 1. The summed E-state index contributed by atoms with van der Waals surface area (Å²) in [5.74, 6) is -4.36. The molecule has 2 aromatic heterocycles. The molecular weight excluding hydrogens is 394 g/mol. The first-order valence-electron chi connectivity index (χ1n) is 7.55. The van der Waals surface area contributed by atoms with Crippen LogP contribution in [0.2, 0.25) is 5.02 Å². The van der Waals surface area contributed by atoms with Crippen LogP contribution in [-0.4, -0.2) is 37.6 Å². The summed E-state index contributed by atoms with van der Waals surface area (Å²) in [5.41, 5.74) is 0.839. The third kappa shape index (κ3) is 3.86. The number of aliphatic hydroxyl groups excluding tert-OH is 1. The normalized spacial score (nSPS) is 11.7. The highest BCUT2D eigenvalue weighted by molar-refractivity contribution is 7.13. The first-order chi connectivity index (χ1) is 12.8. The van der Waals surface area contributed by atoms with E-state index in [2.05, 4.69) is 0 Å². The van der Waals surface area contributed by atoms with E-state index < -0.39 is 23.5 Å². The van der Waals surface area contributed by atoms with Gasteiger partial charge in [-0.05, 0) is 30.3 Å². The molecule has 0 saturated heterocycles. The number of carbonyl (C=O) groups excluding carboxylic acids is 1. The second-order valence-corrected chi connectivity index (χ2v) is 7.21. The monoisotopic (exact) mass is 405 g/mol. The summed E-state index contributed by atoms with van der Waals surface area (Å²) < 4.78 is 1.74. The Bertz CT molecular complexity index is 1110. The molecule has 0 spiro atoms. The number of carbonyl (C=O) groups is 3. The fourth-order valence-electron chi connectivity index (χ4n) is 2.61. The zero-order valence-electron chi connectivity index (χ0n) is 13.5. The molecule has 7 nitrogen and oxygen atoms in total. The van der Waals surface area contributed by atoms with Gasteiger partial charge in [-0.15, -0.1) is 11.3 Å². The summed E-state index contributed by atoms with van der Waals surface area (Å²) in [7, 11) is 0. The van der Waals surface area contributed by atoms with E-state index in [9.17, 15) is 19.5 Å². The zero-order valence-corrected chi connectivity index (χ0v) is 15.1. The van der Waals surface area contributed by atoms with Gasteiger partial charge in [0.1, 0.15) is 4.88 Å². The predicted molar refractivity (Wildman–Crippen MR) is 100 cm³/mol. The van der Waals surface area contributed by atoms with E-state index in [1.54, 1.807) is 28.8 Å². The van der Waals surface area contributed by atoms with Gasteiger partial charge in [-0.1, -0.05) is 11.6 Å². The Hall–Kier alpha value is -3.10. The molecule has 0 atom stereocenters. The van der Waals surface area contributed by atoms with Crippen molar-refractivity contribution >= 4 is 51.6 Å². The smallest absolute Gasteiger partial charge is 0.371 e. The standard InChI is InChI=1S/C18H12ClNO6S/c19-9-1-3-13-11(5-9)12(14(21)6-15(22)17(23)24)8-20(13)7-10-2-4-16(27-10)18(25)26/h1-6,8,22H,7H2,(H,23,24)(H,25,26)/b15-6-. The Morgan fingerprint density at radius 1 is 1.11 bits per heavy atom. The van der Waals surface area contributed by atoms with Gasteiger partial charge in [0.25, 0.3) is 0 Å². The van der Waals surface area contributed by atoms with E-state index in [1.807, 2.05) is 0 Å². The van der Waals surface area contributed by atoms with Gasteiger partial charge < -0.3 is 19.9 Å². The maximum atomic E-state index is 12.4. The molecule has 9 heteroatoms. The summed E-state index contributed by atoms with van der Waals surface area (Å²) in [6.07, 6.45) is 2.16. The fourth-order valence-corrected chi connectivity index (χ4v) is 3.62. The highest BCUT2D eigenvalue weighted by atomic mass is 35.5. The number of aliphatic hydroxyl groups is 1. The van der Waals surface area contributed by atoms with Gasteiger partial charge in [0.15, 0.2) is 5.78 Å². The fraction of sp³-hybridized carbons (Fsp3) is 0.0556. The number of carboxylic acid groups (broad SMARTS) is 2. The van der Waals surface area contributed by atoms with E-state index in [0.717, 1.165) is 16.2 Å². The van der Waals surface area contributed by atoms with Gasteiger partial charge in [-0.2, -0.15) is 0 Å². The molecule has 0 aliphatic heterocycles. The van der Waals surface area contributed by atoms with Gasteiger partial charge in [-0.25, -0.2) is 9.59 Å². The predicted octanol–water partition coefficient (Wildman–Crippen LogP) is 3.81. The highest BCUT2D eigenvalue weighted by Gasteiger charge is 2.17. The van der Waals surface area contributed by atoms with Gasteiger partial charge in [-0.3, -0.25) is 4.79 Å². The SMILES string of the molecule is O=C(O)/C(O)=C/C(=O)c1cn(Cc2ccc(C(=O)O)s2)c2ccc(Cl)cc12. The number of benzene rings is 1. The summed E-state index contributed by atoms with van der Waals surface area (Å²) in [6, 6.07) is 8.12. The number of aliphatic carboxylic acids is 1. The van der Waals surface area contributed by atoms with Crippen LogP contribution in [0.4, 0.5) is 0 Å². The van der Waals surface area contributed by atoms with E-state index in [1.165, 1.54) is 12.3 Å². The molecule has 0 saturated carbocycles. The molecule has 0 amide bonds. The van der Waals surface area contributed by atoms with Crippen LogP contribution < -0.4 is 0 Å². The minimum atomic E-state index is -1.61. The number of fused-ring (bicyclic) bond motifs is 1. The molecule has 0 unspecified atom stereocenters. The van der Waals surface area contributed by atoms with Crippen molar-refractivity contribution in [1.29, 1.82) is 0 Å². The van der Waals surface area contributed by atoms with Crippen molar-refractivity contribution in [2.75, 3.05) is 0 Å². The summed E-state index contributed by atoms with van der Waals surface area (Å²) >= 11 is 7.14. The van der Waals surface area contributed by atoms with Gasteiger partial charge in [0.05, 0.1) is 6.54 Å². The number of halogens is 1. The number of hydrogen-bond acceptors (Lipinski definition) is 5. The summed E-state index contributed by atoms with van der Waals surface area (Å²) in [4.78, 5) is 35.2. The van der Waals surface area contributed by atoms with Gasteiger partial charge >= 0.3 is 11.9 Å².